The molecule has 7 nitrogen and oxygen atoms in total. The van der Waals surface area contributed by atoms with Crippen LogP contribution in [0, 0.1) is 12.8 Å². The van der Waals surface area contributed by atoms with Crippen molar-refractivity contribution < 1.29 is 17.6 Å². The van der Waals surface area contributed by atoms with Crippen molar-refractivity contribution in [3.8, 4) is 0 Å². The largest absolute Gasteiger partial charge is 0.455 e. The van der Waals surface area contributed by atoms with Gasteiger partial charge in [0.1, 0.15) is 10.7 Å². The Kier molecular flexibility index (Phi) is 5.41. The molecule has 1 aliphatic heterocycles. The van der Waals surface area contributed by atoms with Gasteiger partial charge in [0.25, 0.3) is 5.91 Å². The number of nitrogens with two attached hydrogens (primary N) is 1. The molecule has 27 heavy (non-hydrogen) atoms. The van der Waals surface area contributed by atoms with Crippen LogP contribution in [0.5, 0.6) is 0 Å². The monoisotopic (exact) mass is 391 g/mol. The fraction of sp³-hybridized carbons (Fsp3) is 0.421. The predicted molar refractivity (Wildman–Crippen MR) is 102 cm³/mol. The fourth-order valence-electron chi connectivity index (χ4n) is 3.53. The number of carbonyl (C=O) groups excluding carboxylic acids is 1. The maximum Gasteiger partial charge on any atom is 0.289 e. The zero-order valence-corrected chi connectivity index (χ0v) is 16.6. The number of hydrogen-bond acceptors (Lipinski definition) is 5. The lowest BCUT2D eigenvalue weighted by atomic mass is 9.89. The number of hydrogen-bond donors (Lipinski definition) is 1. The Morgan fingerprint density at radius 2 is 1.93 bits per heavy atom. The van der Waals surface area contributed by atoms with E-state index in [9.17, 15) is 13.2 Å². The van der Waals surface area contributed by atoms with E-state index in [0.717, 1.165) is 9.87 Å². The van der Waals surface area contributed by atoms with Gasteiger partial charge in [0.05, 0.1) is 0 Å². The lowest BCUT2D eigenvalue weighted by Gasteiger charge is -2.16. The van der Waals surface area contributed by atoms with Gasteiger partial charge in [-0.1, -0.05) is 30.3 Å². The van der Waals surface area contributed by atoms with E-state index in [2.05, 4.69) is 0 Å². The van der Waals surface area contributed by atoms with Crippen LogP contribution in [-0.4, -0.2) is 57.3 Å². The Hall–Kier alpha value is -2.16. The molecule has 0 spiro atoms. The van der Waals surface area contributed by atoms with Crippen LogP contribution < -0.4 is 5.73 Å². The molecule has 0 unspecified atom stereocenters. The van der Waals surface area contributed by atoms with Gasteiger partial charge in [-0.2, -0.15) is 0 Å². The predicted octanol–water partition coefficient (Wildman–Crippen LogP) is 1.65. The first-order valence-corrected chi connectivity index (χ1v) is 10.3. The molecule has 2 aromatic rings. The van der Waals surface area contributed by atoms with Crippen LogP contribution in [0.4, 0.5) is 0 Å². The maximum absolute atomic E-state index is 12.9. The molecule has 146 valence electrons. The quantitative estimate of drug-likeness (QED) is 0.836. The Morgan fingerprint density at radius 1 is 1.26 bits per heavy atom. The zero-order chi connectivity index (χ0) is 19.8. The van der Waals surface area contributed by atoms with E-state index in [1.807, 2.05) is 30.3 Å². The normalized spacial score (nSPS) is 20.4. The van der Waals surface area contributed by atoms with Crippen molar-refractivity contribution in [3.63, 3.8) is 0 Å². The first-order valence-electron chi connectivity index (χ1n) is 8.83. The molecule has 3 rings (SSSR count). The summed E-state index contributed by atoms with van der Waals surface area (Å²) in [5, 5.41) is 0. The molecule has 1 amide bonds. The third-order valence-electron chi connectivity index (χ3n) is 5.10. The Balaban J connectivity index is 1.85. The van der Waals surface area contributed by atoms with Gasteiger partial charge in [0.2, 0.25) is 10.0 Å². The lowest BCUT2D eigenvalue weighted by Crippen LogP contribution is -2.29. The van der Waals surface area contributed by atoms with Gasteiger partial charge < -0.3 is 15.1 Å². The topological polar surface area (TPSA) is 96.8 Å². The van der Waals surface area contributed by atoms with Gasteiger partial charge in [-0.3, -0.25) is 4.79 Å². The SMILES string of the molecule is Cc1oc(C(=O)N2C[C@@H](CN)[C@H](c3ccccc3)C2)cc1S(=O)(=O)N(C)C. The second kappa shape index (κ2) is 7.46. The number of sulfonamides is 1. The average Bonchev–Trinajstić information content (AvgIpc) is 3.25. The number of aryl methyl sites for hydroxylation is 1. The minimum Gasteiger partial charge on any atom is -0.455 e. The summed E-state index contributed by atoms with van der Waals surface area (Å²) in [5.74, 6) is 0.243. The summed E-state index contributed by atoms with van der Waals surface area (Å²) < 4.78 is 31.3. The highest BCUT2D eigenvalue weighted by atomic mass is 32.2. The van der Waals surface area contributed by atoms with E-state index in [1.54, 1.807) is 11.8 Å². The van der Waals surface area contributed by atoms with Crippen LogP contribution in [0.1, 0.15) is 27.8 Å². The Bertz CT molecular complexity index is 922. The second-order valence-electron chi connectivity index (χ2n) is 7.04. The summed E-state index contributed by atoms with van der Waals surface area (Å²) in [4.78, 5) is 14.6. The fourth-order valence-corrected chi connectivity index (χ4v) is 4.59. The van der Waals surface area contributed by atoms with Crippen LogP contribution in [0.25, 0.3) is 0 Å². The average molecular weight is 391 g/mol. The summed E-state index contributed by atoms with van der Waals surface area (Å²) in [5.41, 5.74) is 7.08. The van der Waals surface area contributed by atoms with Crippen molar-refractivity contribution in [3.05, 3.63) is 53.5 Å². The number of furan rings is 1. The van der Waals surface area contributed by atoms with Gasteiger partial charge in [0.15, 0.2) is 5.76 Å². The molecule has 2 N–H and O–H groups in total. The molecule has 1 aliphatic rings. The van der Waals surface area contributed by atoms with E-state index < -0.39 is 10.0 Å². The third-order valence-corrected chi connectivity index (χ3v) is 7.02. The minimum absolute atomic E-state index is 0.0185. The second-order valence-corrected chi connectivity index (χ2v) is 9.16. The third kappa shape index (κ3) is 3.65. The molecule has 0 aliphatic carbocycles. The van der Waals surface area contributed by atoms with E-state index in [0.29, 0.717) is 19.6 Å². The molecule has 1 aromatic carbocycles. The maximum atomic E-state index is 12.9. The molecule has 1 aromatic heterocycles. The Labute approximate surface area is 159 Å². The van der Waals surface area contributed by atoms with Crippen molar-refractivity contribution in [1.29, 1.82) is 0 Å². The lowest BCUT2D eigenvalue weighted by molar-refractivity contribution is 0.0753. The zero-order valence-electron chi connectivity index (χ0n) is 15.8. The molecule has 0 radical (unpaired) electrons. The van der Waals surface area contributed by atoms with Gasteiger partial charge in [-0.25, -0.2) is 12.7 Å². The number of rotatable bonds is 5. The van der Waals surface area contributed by atoms with Gasteiger partial charge in [-0.15, -0.1) is 0 Å². The van der Waals surface area contributed by atoms with Crippen molar-refractivity contribution in [2.75, 3.05) is 33.7 Å². The van der Waals surface area contributed by atoms with Crippen molar-refractivity contribution >= 4 is 15.9 Å². The molecule has 1 saturated heterocycles. The number of amides is 1. The van der Waals surface area contributed by atoms with Crippen molar-refractivity contribution in [2.45, 2.75) is 17.7 Å². The van der Waals surface area contributed by atoms with Crippen LogP contribution >= 0.6 is 0 Å². The molecule has 0 saturated carbocycles. The highest BCUT2D eigenvalue weighted by Gasteiger charge is 2.37. The van der Waals surface area contributed by atoms with Crippen LogP contribution in [0.3, 0.4) is 0 Å². The Morgan fingerprint density at radius 3 is 2.52 bits per heavy atom. The molecule has 8 heteroatoms. The first kappa shape index (κ1) is 19.6. The molecule has 1 fully saturated rings. The highest BCUT2D eigenvalue weighted by Crippen LogP contribution is 2.33. The standard InChI is InChI=1S/C19H25N3O4S/c1-13-18(27(24,25)21(2)3)9-17(26-13)19(23)22-11-15(10-20)16(12-22)14-7-5-4-6-8-14/h4-9,15-16H,10-12,20H2,1-3H3/t15-,16+/m1/s1. The molecular formula is C19H25N3O4S. The van der Waals surface area contributed by atoms with Crippen molar-refractivity contribution in [2.24, 2.45) is 11.7 Å². The van der Waals surface area contributed by atoms with Gasteiger partial charge in [0, 0.05) is 39.2 Å². The van der Waals surface area contributed by atoms with Crippen LogP contribution in [0.15, 0.2) is 45.7 Å². The van der Waals surface area contributed by atoms with Gasteiger partial charge in [-0.05, 0) is 24.9 Å². The molecule has 2 atom stereocenters. The van der Waals surface area contributed by atoms with Gasteiger partial charge >= 0.3 is 0 Å². The molecule has 0 bridgehead atoms. The highest BCUT2D eigenvalue weighted by molar-refractivity contribution is 7.89. The minimum atomic E-state index is -3.66. The number of nitrogens with zero attached hydrogens (tertiary/aromatic N) is 2. The van der Waals surface area contributed by atoms with Crippen molar-refractivity contribution in [1.82, 2.24) is 9.21 Å². The van der Waals surface area contributed by atoms with Crippen LogP contribution in [0.2, 0.25) is 0 Å². The molecular weight excluding hydrogens is 366 g/mol. The van der Waals surface area contributed by atoms with E-state index >= 15 is 0 Å². The summed E-state index contributed by atoms with van der Waals surface area (Å²) in [6.07, 6.45) is 0. The molecule has 2 heterocycles. The number of likely N-dealkylation sites (tertiary alicyclic amines) is 1. The summed E-state index contributed by atoms with van der Waals surface area (Å²) in [6.45, 7) is 3.07. The first-order chi connectivity index (χ1) is 12.8. The van der Waals surface area contributed by atoms with E-state index in [1.165, 1.54) is 20.2 Å². The van der Waals surface area contributed by atoms with Crippen LogP contribution in [-0.2, 0) is 10.0 Å². The summed E-state index contributed by atoms with van der Waals surface area (Å²) in [7, 11) is -0.775. The summed E-state index contributed by atoms with van der Waals surface area (Å²) >= 11 is 0. The summed E-state index contributed by atoms with van der Waals surface area (Å²) in [6, 6.07) is 11.3. The van der Waals surface area contributed by atoms with E-state index in [-0.39, 0.29) is 34.2 Å². The number of carbonyl (C=O) groups is 1. The smallest absolute Gasteiger partial charge is 0.289 e. The van der Waals surface area contributed by atoms with E-state index in [4.69, 9.17) is 10.2 Å². The number of benzene rings is 1.